The number of hydrogen-bond acceptors (Lipinski definition) is 1. The number of rotatable bonds is 5. The van der Waals surface area contributed by atoms with Gasteiger partial charge in [-0.3, -0.25) is 0 Å². The molecule has 0 aliphatic rings. The highest BCUT2D eigenvalue weighted by Gasteiger charge is 2.10. The van der Waals surface area contributed by atoms with Crippen molar-refractivity contribution in [2.24, 2.45) is 5.92 Å². The second kappa shape index (κ2) is 6.68. The molecule has 0 saturated heterocycles. The molecule has 0 aromatic rings. The molecule has 0 aliphatic carbocycles. The van der Waals surface area contributed by atoms with E-state index in [0.29, 0.717) is 5.92 Å². The lowest BCUT2D eigenvalue weighted by Gasteiger charge is -2.18. The minimum atomic E-state index is -0.0594. The van der Waals surface area contributed by atoms with Gasteiger partial charge in [0.2, 0.25) is 0 Å². The molecule has 0 rings (SSSR count). The zero-order valence-electron chi connectivity index (χ0n) is 10.1. The minimum absolute atomic E-state index is 0.0594. The van der Waals surface area contributed by atoms with Gasteiger partial charge in [-0.1, -0.05) is 20.3 Å². The quantitative estimate of drug-likeness (QED) is 0.703. The van der Waals surface area contributed by atoms with E-state index in [-0.39, 0.29) is 18.1 Å². The maximum absolute atomic E-state index is 11.3. The average molecular weight is 200 g/mol. The van der Waals surface area contributed by atoms with Crippen LogP contribution in [0.3, 0.4) is 0 Å². The molecule has 2 N–H and O–H groups in total. The van der Waals surface area contributed by atoms with Gasteiger partial charge in [-0.2, -0.15) is 0 Å². The third-order valence-corrected chi connectivity index (χ3v) is 2.25. The van der Waals surface area contributed by atoms with Crippen LogP contribution in [-0.4, -0.2) is 18.1 Å². The second-order valence-electron chi connectivity index (χ2n) is 4.42. The molecule has 0 saturated carbocycles. The van der Waals surface area contributed by atoms with Crippen LogP contribution in [0.4, 0.5) is 4.79 Å². The summed E-state index contributed by atoms with van der Waals surface area (Å²) in [5, 5.41) is 5.74. The van der Waals surface area contributed by atoms with E-state index in [1.54, 1.807) is 0 Å². The number of urea groups is 1. The maximum atomic E-state index is 11.3. The molecule has 0 heterocycles. The Morgan fingerprint density at radius 1 is 1.14 bits per heavy atom. The summed E-state index contributed by atoms with van der Waals surface area (Å²) in [5.41, 5.74) is 0. The van der Waals surface area contributed by atoms with Crippen LogP contribution in [0.1, 0.15) is 47.5 Å². The van der Waals surface area contributed by atoms with Crippen molar-refractivity contribution in [3.05, 3.63) is 0 Å². The highest BCUT2D eigenvalue weighted by atomic mass is 16.2. The molecule has 0 aliphatic heterocycles. The van der Waals surface area contributed by atoms with E-state index in [1.807, 2.05) is 20.8 Å². The van der Waals surface area contributed by atoms with Gasteiger partial charge >= 0.3 is 6.03 Å². The van der Waals surface area contributed by atoms with Gasteiger partial charge in [-0.25, -0.2) is 4.79 Å². The molecule has 0 radical (unpaired) electrons. The molecule has 3 heteroatoms. The van der Waals surface area contributed by atoms with Crippen LogP contribution >= 0.6 is 0 Å². The lowest BCUT2D eigenvalue weighted by Crippen LogP contribution is -2.43. The number of carbonyl (C=O) groups excluding carboxylic acids is 1. The molecule has 14 heavy (non-hydrogen) atoms. The molecule has 2 atom stereocenters. The summed E-state index contributed by atoms with van der Waals surface area (Å²) in [5.74, 6) is 0.671. The maximum Gasteiger partial charge on any atom is 0.315 e. The van der Waals surface area contributed by atoms with E-state index in [1.165, 1.54) is 0 Å². The second-order valence-corrected chi connectivity index (χ2v) is 4.42. The number of hydrogen-bond donors (Lipinski definition) is 2. The lowest BCUT2D eigenvalue weighted by molar-refractivity contribution is 0.233. The summed E-state index contributed by atoms with van der Waals surface area (Å²) in [6.07, 6.45) is 2.21. The van der Waals surface area contributed by atoms with Gasteiger partial charge in [0.15, 0.2) is 0 Å². The SMILES string of the molecule is CCC(C)CC(C)NC(=O)NC(C)C. The van der Waals surface area contributed by atoms with Crippen molar-refractivity contribution in [1.29, 1.82) is 0 Å². The standard InChI is InChI=1S/C11H24N2O/c1-6-9(4)7-10(5)13-11(14)12-8(2)3/h8-10H,6-7H2,1-5H3,(H2,12,13,14). The Bertz CT molecular complexity index is 169. The Morgan fingerprint density at radius 2 is 1.71 bits per heavy atom. The smallest absolute Gasteiger partial charge is 0.315 e. The van der Waals surface area contributed by atoms with E-state index in [0.717, 1.165) is 12.8 Å². The largest absolute Gasteiger partial charge is 0.336 e. The van der Waals surface area contributed by atoms with Crippen LogP contribution in [-0.2, 0) is 0 Å². The fraction of sp³-hybridized carbons (Fsp3) is 0.909. The Balaban J connectivity index is 3.71. The van der Waals surface area contributed by atoms with Gasteiger partial charge in [-0.15, -0.1) is 0 Å². The van der Waals surface area contributed by atoms with E-state index in [2.05, 4.69) is 24.5 Å². The summed E-state index contributed by atoms with van der Waals surface area (Å²) in [7, 11) is 0. The van der Waals surface area contributed by atoms with Crippen molar-refractivity contribution in [3.63, 3.8) is 0 Å². The Hall–Kier alpha value is -0.730. The zero-order valence-corrected chi connectivity index (χ0v) is 10.1. The van der Waals surface area contributed by atoms with Crippen molar-refractivity contribution < 1.29 is 4.79 Å². The van der Waals surface area contributed by atoms with Gasteiger partial charge in [0.25, 0.3) is 0 Å². The Morgan fingerprint density at radius 3 is 2.14 bits per heavy atom. The summed E-state index contributed by atoms with van der Waals surface area (Å²) in [6.45, 7) is 10.3. The monoisotopic (exact) mass is 200 g/mol. The Labute approximate surface area is 87.6 Å². The fourth-order valence-corrected chi connectivity index (χ4v) is 1.36. The van der Waals surface area contributed by atoms with Crippen LogP contribution in [0.2, 0.25) is 0 Å². The first kappa shape index (κ1) is 13.3. The topological polar surface area (TPSA) is 41.1 Å². The minimum Gasteiger partial charge on any atom is -0.336 e. The number of nitrogens with one attached hydrogen (secondary N) is 2. The molecular weight excluding hydrogens is 176 g/mol. The fourth-order valence-electron chi connectivity index (χ4n) is 1.36. The highest BCUT2D eigenvalue weighted by molar-refractivity contribution is 5.74. The molecule has 0 aromatic heterocycles. The molecule has 0 bridgehead atoms. The molecule has 0 fully saturated rings. The van der Waals surface area contributed by atoms with E-state index >= 15 is 0 Å². The van der Waals surface area contributed by atoms with Crippen LogP contribution < -0.4 is 10.6 Å². The zero-order chi connectivity index (χ0) is 11.1. The third kappa shape index (κ3) is 6.75. The Kier molecular flexibility index (Phi) is 6.34. The normalized spacial score (nSPS) is 15.0. The van der Waals surface area contributed by atoms with E-state index in [4.69, 9.17) is 0 Å². The molecule has 84 valence electrons. The van der Waals surface area contributed by atoms with Crippen molar-refractivity contribution in [2.45, 2.75) is 59.5 Å². The van der Waals surface area contributed by atoms with Crippen molar-refractivity contribution in [1.82, 2.24) is 10.6 Å². The van der Waals surface area contributed by atoms with Crippen LogP contribution in [0.25, 0.3) is 0 Å². The van der Waals surface area contributed by atoms with Crippen LogP contribution in [0, 0.1) is 5.92 Å². The summed E-state index contributed by atoms with van der Waals surface area (Å²) in [4.78, 5) is 11.3. The highest BCUT2D eigenvalue weighted by Crippen LogP contribution is 2.08. The molecule has 3 nitrogen and oxygen atoms in total. The summed E-state index contributed by atoms with van der Waals surface area (Å²) < 4.78 is 0. The first-order valence-electron chi connectivity index (χ1n) is 5.52. The number of carbonyl (C=O) groups is 1. The van der Waals surface area contributed by atoms with E-state index < -0.39 is 0 Å². The predicted octanol–water partition coefficient (Wildman–Crippen LogP) is 2.52. The molecule has 0 aromatic carbocycles. The summed E-state index contributed by atoms with van der Waals surface area (Å²) >= 11 is 0. The van der Waals surface area contributed by atoms with Gasteiger partial charge in [0.1, 0.15) is 0 Å². The first-order valence-corrected chi connectivity index (χ1v) is 5.52. The van der Waals surface area contributed by atoms with Crippen molar-refractivity contribution >= 4 is 6.03 Å². The lowest BCUT2D eigenvalue weighted by atomic mass is 10.0. The van der Waals surface area contributed by atoms with Gasteiger partial charge in [0.05, 0.1) is 0 Å². The van der Waals surface area contributed by atoms with Crippen LogP contribution in [0.15, 0.2) is 0 Å². The molecular formula is C11H24N2O. The van der Waals surface area contributed by atoms with Crippen molar-refractivity contribution in [3.8, 4) is 0 Å². The third-order valence-electron chi connectivity index (χ3n) is 2.25. The van der Waals surface area contributed by atoms with Crippen molar-refractivity contribution in [2.75, 3.05) is 0 Å². The average Bonchev–Trinajstić information content (AvgIpc) is 2.01. The van der Waals surface area contributed by atoms with Gasteiger partial charge < -0.3 is 10.6 Å². The first-order chi connectivity index (χ1) is 6.45. The summed E-state index contributed by atoms with van der Waals surface area (Å²) in [6, 6.07) is 0.394. The molecule has 2 unspecified atom stereocenters. The van der Waals surface area contributed by atoms with E-state index in [9.17, 15) is 4.79 Å². The van der Waals surface area contributed by atoms with Crippen LogP contribution in [0.5, 0.6) is 0 Å². The van der Waals surface area contributed by atoms with Gasteiger partial charge in [-0.05, 0) is 33.1 Å². The predicted molar refractivity (Wildman–Crippen MR) is 60.3 cm³/mol. The van der Waals surface area contributed by atoms with Gasteiger partial charge in [0, 0.05) is 12.1 Å². The number of amides is 2. The molecule has 0 spiro atoms. The molecule has 2 amide bonds.